The van der Waals surface area contributed by atoms with Gasteiger partial charge in [-0.05, 0) is 30.2 Å². The summed E-state index contributed by atoms with van der Waals surface area (Å²) in [7, 11) is 4.57. The van der Waals surface area contributed by atoms with E-state index in [1.165, 1.54) is 20.4 Å². The number of carbonyl (C=O) groups is 1. The van der Waals surface area contributed by atoms with E-state index in [4.69, 9.17) is 18.9 Å². The predicted octanol–water partition coefficient (Wildman–Crippen LogP) is 2.97. The fourth-order valence-corrected chi connectivity index (χ4v) is 2.54. The first kappa shape index (κ1) is 20.8. The number of carbonyl (C=O) groups excluding carboxylic acids is 1. The summed E-state index contributed by atoms with van der Waals surface area (Å²) in [6.45, 7) is 3.56. The molecule has 28 heavy (non-hydrogen) atoms. The number of nitrogens with zero attached hydrogens (tertiary/aromatic N) is 1. The second-order valence-electron chi connectivity index (χ2n) is 5.61. The highest BCUT2D eigenvalue weighted by atomic mass is 16.5. The molecule has 0 bridgehead atoms. The Labute approximate surface area is 164 Å². The maximum absolute atomic E-state index is 12.0. The minimum atomic E-state index is -0.385. The van der Waals surface area contributed by atoms with Gasteiger partial charge in [0.05, 0.1) is 27.5 Å². The lowest BCUT2D eigenvalue weighted by Gasteiger charge is -2.13. The highest BCUT2D eigenvalue weighted by molar-refractivity contribution is 5.87. The lowest BCUT2D eigenvalue weighted by Crippen LogP contribution is -2.24. The summed E-state index contributed by atoms with van der Waals surface area (Å²) < 4.78 is 21.5. The van der Waals surface area contributed by atoms with Crippen LogP contribution in [0.15, 0.2) is 54.2 Å². The average molecular weight is 384 g/mol. The Bertz CT molecular complexity index is 849. The van der Waals surface area contributed by atoms with Gasteiger partial charge in [0.2, 0.25) is 5.75 Å². The number of benzene rings is 2. The Hall–Kier alpha value is -3.48. The number of rotatable bonds is 10. The van der Waals surface area contributed by atoms with Crippen LogP contribution in [0.25, 0.3) is 0 Å². The van der Waals surface area contributed by atoms with Crippen molar-refractivity contribution < 1.29 is 23.7 Å². The molecule has 0 saturated carbocycles. The smallest absolute Gasteiger partial charge is 0.277 e. The van der Waals surface area contributed by atoms with Crippen LogP contribution in [0.2, 0.25) is 0 Å². The minimum Gasteiger partial charge on any atom is -0.493 e. The zero-order chi connectivity index (χ0) is 20.4. The van der Waals surface area contributed by atoms with Crippen molar-refractivity contribution in [3.05, 3.63) is 60.2 Å². The largest absolute Gasteiger partial charge is 0.493 e. The molecule has 0 aliphatic heterocycles. The van der Waals surface area contributed by atoms with E-state index in [0.29, 0.717) is 35.0 Å². The summed E-state index contributed by atoms with van der Waals surface area (Å²) in [6, 6.07) is 11.0. The van der Waals surface area contributed by atoms with E-state index in [1.807, 2.05) is 24.3 Å². The lowest BCUT2D eigenvalue weighted by atomic mass is 10.1. The molecule has 0 radical (unpaired) electrons. The number of methoxy groups -OCH3 is 3. The van der Waals surface area contributed by atoms with Gasteiger partial charge in [0.25, 0.3) is 5.91 Å². The van der Waals surface area contributed by atoms with E-state index in [-0.39, 0.29) is 12.5 Å². The number of para-hydroxylation sites is 1. The summed E-state index contributed by atoms with van der Waals surface area (Å²) in [4.78, 5) is 12.0. The summed E-state index contributed by atoms with van der Waals surface area (Å²) in [5, 5.41) is 3.96. The Morgan fingerprint density at radius 1 is 1.04 bits per heavy atom. The molecule has 1 amide bonds. The molecular formula is C21H24N2O5. The van der Waals surface area contributed by atoms with Crippen molar-refractivity contribution in [2.75, 3.05) is 27.9 Å². The van der Waals surface area contributed by atoms with Gasteiger partial charge in [0.15, 0.2) is 18.1 Å². The topological polar surface area (TPSA) is 78.4 Å². The SMILES string of the molecule is C=CCc1ccccc1OCC(=O)N/N=C\c1ccc(OC)c(OC)c1OC. The number of hydrogen-bond donors (Lipinski definition) is 1. The third kappa shape index (κ3) is 5.26. The van der Waals surface area contributed by atoms with Crippen molar-refractivity contribution in [3.8, 4) is 23.0 Å². The van der Waals surface area contributed by atoms with Crippen LogP contribution in [0.5, 0.6) is 23.0 Å². The molecule has 0 aliphatic carbocycles. The van der Waals surface area contributed by atoms with Gasteiger partial charge < -0.3 is 18.9 Å². The third-order valence-corrected chi connectivity index (χ3v) is 3.82. The number of nitrogens with one attached hydrogen (secondary N) is 1. The molecule has 0 aromatic heterocycles. The zero-order valence-electron chi connectivity index (χ0n) is 16.2. The second-order valence-corrected chi connectivity index (χ2v) is 5.61. The van der Waals surface area contributed by atoms with Gasteiger partial charge in [0.1, 0.15) is 5.75 Å². The summed E-state index contributed by atoms with van der Waals surface area (Å²) >= 11 is 0. The van der Waals surface area contributed by atoms with Gasteiger partial charge in [-0.1, -0.05) is 24.3 Å². The minimum absolute atomic E-state index is 0.158. The molecule has 7 heteroatoms. The highest BCUT2D eigenvalue weighted by Crippen LogP contribution is 2.38. The average Bonchev–Trinajstić information content (AvgIpc) is 2.72. The number of ether oxygens (including phenoxy) is 4. The molecule has 0 heterocycles. The number of allylic oxidation sites excluding steroid dienone is 1. The standard InChI is InChI=1S/C21H24N2O5/c1-5-8-15-9-6-7-10-17(15)28-14-19(24)23-22-13-16-11-12-18(25-2)21(27-4)20(16)26-3/h5-7,9-13H,1,8,14H2,2-4H3,(H,23,24)/b22-13-. The molecule has 0 unspecified atom stereocenters. The normalized spacial score (nSPS) is 10.4. The molecule has 0 fully saturated rings. The van der Waals surface area contributed by atoms with Crippen molar-refractivity contribution in [2.24, 2.45) is 5.10 Å². The molecule has 2 rings (SSSR count). The van der Waals surface area contributed by atoms with Crippen molar-refractivity contribution in [2.45, 2.75) is 6.42 Å². The maximum atomic E-state index is 12.0. The maximum Gasteiger partial charge on any atom is 0.277 e. The van der Waals surface area contributed by atoms with Crippen LogP contribution in [-0.4, -0.2) is 40.1 Å². The highest BCUT2D eigenvalue weighted by Gasteiger charge is 2.14. The van der Waals surface area contributed by atoms with Crippen LogP contribution < -0.4 is 24.4 Å². The molecule has 0 atom stereocenters. The fraction of sp³-hybridized carbons (Fsp3) is 0.238. The van der Waals surface area contributed by atoms with Crippen LogP contribution >= 0.6 is 0 Å². The van der Waals surface area contributed by atoms with Gasteiger partial charge in [-0.25, -0.2) is 5.43 Å². The fourth-order valence-electron chi connectivity index (χ4n) is 2.54. The van der Waals surface area contributed by atoms with Crippen LogP contribution in [0.3, 0.4) is 0 Å². The molecule has 1 N–H and O–H groups in total. The van der Waals surface area contributed by atoms with E-state index >= 15 is 0 Å². The van der Waals surface area contributed by atoms with E-state index in [0.717, 1.165) is 5.56 Å². The third-order valence-electron chi connectivity index (χ3n) is 3.82. The predicted molar refractivity (Wildman–Crippen MR) is 108 cm³/mol. The number of hydrogen-bond acceptors (Lipinski definition) is 6. The van der Waals surface area contributed by atoms with Crippen LogP contribution in [0, 0.1) is 0 Å². The molecule has 7 nitrogen and oxygen atoms in total. The first-order valence-electron chi connectivity index (χ1n) is 8.57. The summed E-state index contributed by atoms with van der Waals surface area (Å²) in [6.07, 6.45) is 3.91. The van der Waals surface area contributed by atoms with Crippen molar-refractivity contribution in [1.82, 2.24) is 5.43 Å². The van der Waals surface area contributed by atoms with E-state index in [2.05, 4.69) is 17.1 Å². The lowest BCUT2D eigenvalue weighted by molar-refractivity contribution is -0.123. The molecule has 2 aromatic rings. The quantitative estimate of drug-likeness (QED) is 0.387. The van der Waals surface area contributed by atoms with Crippen molar-refractivity contribution in [1.29, 1.82) is 0 Å². The number of hydrazone groups is 1. The number of amides is 1. The first-order chi connectivity index (χ1) is 13.6. The van der Waals surface area contributed by atoms with Crippen molar-refractivity contribution in [3.63, 3.8) is 0 Å². The van der Waals surface area contributed by atoms with Gasteiger partial charge in [-0.15, -0.1) is 6.58 Å². The Kier molecular flexibility index (Phi) is 7.90. The monoisotopic (exact) mass is 384 g/mol. The van der Waals surface area contributed by atoms with E-state index in [9.17, 15) is 4.79 Å². The van der Waals surface area contributed by atoms with E-state index < -0.39 is 0 Å². The summed E-state index contributed by atoms with van der Waals surface area (Å²) in [5.41, 5.74) is 4.01. The molecule has 0 spiro atoms. The van der Waals surface area contributed by atoms with E-state index in [1.54, 1.807) is 25.3 Å². The molecule has 148 valence electrons. The Morgan fingerprint density at radius 3 is 2.46 bits per heavy atom. The van der Waals surface area contributed by atoms with Gasteiger partial charge >= 0.3 is 0 Å². The molecule has 2 aromatic carbocycles. The Balaban J connectivity index is 1.99. The molecule has 0 saturated heterocycles. The second kappa shape index (κ2) is 10.6. The van der Waals surface area contributed by atoms with Crippen LogP contribution in [-0.2, 0) is 11.2 Å². The van der Waals surface area contributed by atoms with Gasteiger partial charge in [-0.2, -0.15) is 5.10 Å². The van der Waals surface area contributed by atoms with Crippen LogP contribution in [0.1, 0.15) is 11.1 Å². The molecular weight excluding hydrogens is 360 g/mol. The first-order valence-corrected chi connectivity index (χ1v) is 8.57. The van der Waals surface area contributed by atoms with Crippen LogP contribution in [0.4, 0.5) is 0 Å². The molecule has 0 aliphatic rings. The van der Waals surface area contributed by atoms with Gasteiger partial charge in [-0.3, -0.25) is 4.79 Å². The zero-order valence-corrected chi connectivity index (χ0v) is 16.2. The van der Waals surface area contributed by atoms with Crippen molar-refractivity contribution >= 4 is 12.1 Å². The summed E-state index contributed by atoms with van der Waals surface area (Å²) in [5.74, 6) is 1.69. The Morgan fingerprint density at radius 2 is 1.79 bits per heavy atom. The van der Waals surface area contributed by atoms with Gasteiger partial charge in [0, 0.05) is 5.56 Å².